The van der Waals surface area contributed by atoms with Gasteiger partial charge in [-0.15, -0.1) is 0 Å². The summed E-state index contributed by atoms with van der Waals surface area (Å²) in [6, 6.07) is 20.7. The first kappa shape index (κ1) is 18.0. The van der Waals surface area contributed by atoms with E-state index in [2.05, 4.69) is 55.6 Å². The fraction of sp³-hybridized carbons (Fsp3) is 0.261. The van der Waals surface area contributed by atoms with Crippen molar-refractivity contribution in [3.05, 3.63) is 71.8 Å². The Labute approximate surface area is 155 Å². The number of nitrogens with zero attached hydrogens (tertiary/aromatic N) is 1. The Kier molecular flexibility index (Phi) is 5.27. The second kappa shape index (κ2) is 7.61. The van der Waals surface area contributed by atoms with Crippen molar-refractivity contribution in [3.8, 4) is 0 Å². The van der Waals surface area contributed by atoms with Gasteiger partial charge in [0.2, 0.25) is 5.91 Å². The lowest BCUT2D eigenvalue weighted by Crippen LogP contribution is -2.30. The number of hydrogen-bond acceptors (Lipinski definition) is 2. The Hall–Kier alpha value is -2.81. The van der Waals surface area contributed by atoms with Crippen LogP contribution >= 0.6 is 0 Å². The van der Waals surface area contributed by atoms with E-state index in [1.54, 1.807) is 0 Å². The second-order valence-corrected chi connectivity index (χ2v) is 7.13. The van der Waals surface area contributed by atoms with Gasteiger partial charge in [-0.25, -0.2) is 0 Å². The van der Waals surface area contributed by atoms with E-state index in [1.165, 1.54) is 16.3 Å². The summed E-state index contributed by atoms with van der Waals surface area (Å²) in [5, 5.41) is 5.50. The molecule has 0 atom stereocenters. The quantitative estimate of drug-likeness (QED) is 0.676. The molecule has 0 aromatic heterocycles. The minimum Gasteiger partial charge on any atom is -0.365 e. The molecule has 0 aliphatic heterocycles. The Bertz CT molecular complexity index is 930. The highest BCUT2D eigenvalue weighted by Gasteiger charge is 2.14. The summed E-state index contributed by atoms with van der Waals surface area (Å²) in [4.78, 5) is 14.6. The van der Waals surface area contributed by atoms with Gasteiger partial charge < -0.3 is 10.2 Å². The fourth-order valence-electron chi connectivity index (χ4n) is 3.24. The summed E-state index contributed by atoms with van der Waals surface area (Å²) < 4.78 is 0. The van der Waals surface area contributed by atoms with Gasteiger partial charge in [0.1, 0.15) is 0 Å². The number of rotatable bonds is 5. The molecule has 0 fully saturated rings. The molecule has 0 radical (unpaired) electrons. The first-order valence-electron chi connectivity index (χ1n) is 9.05. The van der Waals surface area contributed by atoms with Gasteiger partial charge in [-0.1, -0.05) is 62.4 Å². The van der Waals surface area contributed by atoms with Crippen LogP contribution in [-0.4, -0.2) is 19.5 Å². The van der Waals surface area contributed by atoms with Crippen LogP contribution < -0.4 is 10.2 Å². The molecular weight excluding hydrogens is 320 g/mol. The smallest absolute Gasteiger partial charge is 0.243 e. The molecule has 0 saturated carbocycles. The molecule has 3 rings (SSSR count). The molecule has 0 saturated heterocycles. The summed E-state index contributed by atoms with van der Waals surface area (Å²) in [7, 11) is 1.95. The first-order chi connectivity index (χ1) is 12.5. The molecule has 0 aliphatic carbocycles. The Balaban J connectivity index is 1.75. The molecule has 3 aromatic rings. The zero-order valence-corrected chi connectivity index (χ0v) is 15.9. The lowest BCUT2D eigenvalue weighted by Gasteiger charge is -2.21. The minimum atomic E-state index is -0.00291. The van der Waals surface area contributed by atoms with Gasteiger partial charge >= 0.3 is 0 Å². The number of carbonyl (C=O) groups excluding carboxylic acids is 1. The van der Waals surface area contributed by atoms with E-state index < -0.39 is 0 Å². The highest BCUT2D eigenvalue weighted by Crippen LogP contribution is 2.27. The van der Waals surface area contributed by atoms with Gasteiger partial charge in [0, 0.05) is 18.4 Å². The number of benzene rings is 3. The number of fused-ring (bicyclic) bond motifs is 1. The number of hydrogen-bond donors (Lipinski definition) is 1. The minimum absolute atomic E-state index is 0.00291. The third-order valence-corrected chi connectivity index (χ3v) is 4.75. The average molecular weight is 346 g/mol. The van der Waals surface area contributed by atoms with Crippen LogP contribution in [0, 0.1) is 6.92 Å². The first-order valence-corrected chi connectivity index (χ1v) is 9.05. The van der Waals surface area contributed by atoms with Gasteiger partial charge in [0.15, 0.2) is 0 Å². The number of amides is 1. The monoisotopic (exact) mass is 346 g/mol. The topological polar surface area (TPSA) is 32.3 Å². The number of aryl methyl sites for hydroxylation is 1. The van der Waals surface area contributed by atoms with Crippen LogP contribution in [0.3, 0.4) is 0 Å². The van der Waals surface area contributed by atoms with Gasteiger partial charge in [0.25, 0.3) is 0 Å². The molecule has 0 bridgehead atoms. The number of anilines is 2. The van der Waals surface area contributed by atoms with Crippen LogP contribution in [0.2, 0.25) is 0 Å². The molecule has 3 aromatic carbocycles. The maximum atomic E-state index is 12.6. The summed E-state index contributed by atoms with van der Waals surface area (Å²) in [5.74, 6) is 0.361. The fourth-order valence-corrected chi connectivity index (χ4v) is 3.24. The molecule has 0 spiro atoms. The molecule has 0 heterocycles. The molecule has 1 N–H and O–H groups in total. The molecule has 3 nitrogen and oxygen atoms in total. The predicted octanol–water partition coefficient (Wildman–Crippen LogP) is 5.35. The van der Waals surface area contributed by atoms with Gasteiger partial charge in [-0.3, -0.25) is 4.79 Å². The van der Waals surface area contributed by atoms with Crippen molar-refractivity contribution in [2.45, 2.75) is 26.7 Å². The maximum absolute atomic E-state index is 12.6. The number of para-hydroxylation sites is 1. The van der Waals surface area contributed by atoms with E-state index in [4.69, 9.17) is 0 Å². The standard InChI is InChI=1S/C23H26N2O/c1-16(2)21-11-7-8-17(3)23(21)24-22(26)15-25(4)20-13-12-18-9-5-6-10-19(18)14-20/h5-14,16H,15H2,1-4H3,(H,24,26). The summed E-state index contributed by atoms with van der Waals surface area (Å²) >= 11 is 0. The van der Waals surface area contributed by atoms with Crippen molar-refractivity contribution in [2.24, 2.45) is 0 Å². The van der Waals surface area contributed by atoms with Crippen LogP contribution in [0.15, 0.2) is 60.7 Å². The lowest BCUT2D eigenvalue weighted by molar-refractivity contribution is -0.114. The molecule has 26 heavy (non-hydrogen) atoms. The van der Waals surface area contributed by atoms with Crippen LogP contribution in [0.25, 0.3) is 10.8 Å². The molecule has 134 valence electrons. The van der Waals surface area contributed by atoms with Crippen molar-refractivity contribution < 1.29 is 4.79 Å². The van der Waals surface area contributed by atoms with Crippen LogP contribution in [0.1, 0.15) is 30.9 Å². The maximum Gasteiger partial charge on any atom is 0.243 e. The SMILES string of the molecule is Cc1cccc(C(C)C)c1NC(=O)CN(C)c1ccc2ccccc2c1. The molecular formula is C23H26N2O. The highest BCUT2D eigenvalue weighted by atomic mass is 16.2. The molecule has 0 aliphatic rings. The van der Waals surface area contributed by atoms with Crippen molar-refractivity contribution in [3.63, 3.8) is 0 Å². The van der Waals surface area contributed by atoms with E-state index in [9.17, 15) is 4.79 Å². The average Bonchev–Trinajstić information content (AvgIpc) is 2.62. The highest BCUT2D eigenvalue weighted by molar-refractivity contribution is 5.96. The zero-order chi connectivity index (χ0) is 18.7. The summed E-state index contributed by atoms with van der Waals surface area (Å²) in [5.41, 5.74) is 4.25. The zero-order valence-electron chi connectivity index (χ0n) is 15.9. The van der Waals surface area contributed by atoms with Crippen molar-refractivity contribution in [2.75, 3.05) is 23.8 Å². The third kappa shape index (κ3) is 3.88. The Morgan fingerprint density at radius 1 is 1.00 bits per heavy atom. The van der Waals surface area contributed by atoms with Gasteiger partial charge in [-0.2, -0.15) is 0 Å². The molecule has 3 heteroatoms. The van der Waals surface area contributed by atoms with Crippen LogP contribution in [0.5, 0.6) is 0 Å². The number of nitrogens with one attached hydrogen (secondary N) is 1. The summed E-state index contributed by atoms with van der Waals surface area (Å²) in [6.45, 7) is 6.63. The van der Waals surface area contributed by atoms with E-state index in [0.717, 1.165) is 16.9 Å². The molecule has 0 unspecified atom stereocenters. The second-order valence-electron chi connectivity index (χ2n) is 7.13. The predicted molar refractivity (Wildman–Crippen MR) is 111 cm³/mol. The van der Waals surface area contributed by atoms with Gasteiger partial charge in [0.05, 0.1) is 6.54 Å². The number of carbonyl (C=O) groups is 1. The lowest BCUT2D eigenvalue weighted by atomic mass is 9.98. The van der Waals surface area contributed by atoms with Crippen molar-refractivity contribution in [1.29, 1.82) is 0 Å². The van der Waals surface area contributed by atoms with E-state index in [0.29, 0.717) is 12.5 Å². The molecule has 1 amide bonds. The van der Waals surface area contributed by atoms with E-state index in [1.807, 2.05) is 43.1 Å². The van der Waals surface area contributed by atoms with E-state index in [-0.39, 0.29) is 5.91 Å². The van der Waals surface area contributed by atoms with Gasteiger partial charge in [-0.05, 0) is 46.9 Å². The Morgan fingerprint density at radius 2 is 1.73 bits per heavy atom. The largest absolute Gasteiger partial charge is 0.365 e. The normalized spacial score (nSPS) is 11.0. The van der Waals surface area contributed by atoms with Crippen LogP contribution in [0.4, 0.5) is 11.4 Å². The summed E-state index contributed by atoms with van der Waals surface area (Å²) in [6.07, 6.45) is 0. The van der Waals surface area contributed by atoms with E-state index >= 15 is 0 Å². The third-order valence-electron chi connectivity index (χ3n) is 4.75. The van der Waals surface area contributed by atoms with Crippen molar-refractivity contribution in [1.82, 2.24) is 0 Å². The van der Waals surface area contributed by atoms with Crippen LogP contribution in [-0.2, 0) is 4.79 Å². The Morgan fingerprint density at radius 3 is 2.46 bits per heavy atom. The number of likely N-dealkylation sites (N-methyl/N-ethyl adjacent to an activating group) is 1. The van der Waals surface area contributed by atoms with Crippen molar-refractivity contribution >= 4 is 28.1 Å².